The largest absolute Gasteiger partial charge is 0.362 e. The Morgan fingerprint density at radius 2 is 1.85 bits per heavy atom. The van der Waals surface area contributed by atoms with Gasteiger partial charge in [-0.3, -0.25) is 4.99 Å². The van der Waals surface area contributed by atoms with Crippen molar-refractivity contribution in [1.82, 2.24) is 0 Å². The normalized spacial score (nSPS) is 15.9. The molecule has 0 unspecified atom stereocenters. The Morgan fingerprint density at radius 1 is 1.12 bits per heavy atom. The van der Waals surface area contributed by atoms with Crippen molar-refractivity contribution in [3.8, 4) is 0 Å². The highest BCUT2D eigenvalue weighted by Gasteiger charge is 2.31. The maximum absolute atomic E-state index is 14.7. The molecule has 1 aliphatic rings. The standard InChI is InChI=1S/C22H24F2N2/c1-5-10-26-21-12-19(24)16(11-17(21)15(2)13-22(26,3)4)14-25-20-9-7-6-8-18(20)23/h6-9,11-14H,5,10H2,1-4H3. The molecule has 0 aromatic heterocycles. The SMILES string of the molecule is CCCN1c2cc(F)c(C=Nc3ccccc3F)cc2C(C)=CC1(C)C. The summed E-state index contributed by atoms with van der Waals surface area (Å²) >= 11 is 0. The molecular formula is C22H24F2N2. The number of benzene rings is 2. The number of nitrogens with zero attached hydrogens (tertiary/aromatic N) is 2. The Kier molecular flexibility index (Phi) is 4.94. The van der Waals surface area contributed by atoms with Crippen LogP contribution in [0.5, 0.6) is 0 Å². The Labute approximate surface area is 153 Å². The molecule has 0 amide bonds. The van der Waals surface area contributed by atoms with E-state index in [4.69, 9.17) is 0 Å². The van der Waals surface area contributed by atoms with E-state index in [-0.39, 0.29) is 17.0 Å². The fourth-order valence-electron chi connectivity index (χ4n) is 3.54. The zero-order valence-corrected chi connectivity index (χ0v) is 15.7. The molecular weight excluding hydrogens is 330 g/mol. The molecule has 0 aliphatic carbocycles. The molecule has 0 spiro atoms. The molecule has 0 atom stereocenters. The zero-order chi connectivity index (χ0) is 18.9. The van der Waals surface area contributed by atoms with Crippen molar-refractivity contribution < 1.29 is 8.78 Å². The Bertz CT molecular complexity index is 882. The van der Waals surface area contributed by atoms with Gasteiger partial charge in [-0.25, -0.2) is 8.78 Å². The molecule has 2 aromatic carbocycles. The monoisotopic (exact) mass is 354 g/mol. The van der Waals surface area contributed by atoms with E-state index in [0.29, 0.717) is 5.56 Å². The van der Waals surface area contributed by atoms with Gasteiger partial charge in [0.15, 0.2) is 0 Å². The predicted molar refractivity (Wildman–Crippen MR) is 105 cm³/mol. The van der Waals surface area contributed by atoms with E-state index in [0.717, 1.165) is 29.8 Å². The van der Waals surface area contributed by atoms with Gasteiger partial charge in [-0.1, -0.05) is 25.1 Å². The molecule has 2 nitrogen and oxygen atoms in total. The molecule has 0 fully saturated rings. The minimum absolute atomic E-state index is 0.164. The van der Waals surface area contributed by atoms with Crippen molar-refractivity contribution in [2.24, 2.45) is 4.99 Å². The number of halogens is 2. The maximum Gasteiger partial charge on any atom is 0.148 e. The number of anilines is 1. The molecule has 1 aliphatic heterocycles. The second kappa shape index (κ2) is 7.02. The third-order valence-electron chi connectivity index (χ3n) is 4.74. The number of fused-ring (bicyclic) bond motifs is 1. The molecule has 0 bridgehead atoms. The van der Waals surface area contributed by atoms with Gasteiger partial charge in [0.05, 0.1) is 11.2 Å². The van der Waals surface area contributed by atoms with Gasteiger partial charge >= 0.3 is 0 Å². The van der Waals surface area contributed by atoms with Crippen LogP contribution in [0.25, 0.3) is 5.57 Å². The average molecular weight is 354 g/mol. The average Bonchev–Trinajstić information content (AvgIpc) is 2.58. The summed E-state index contributed by atoms with van der Waals surface area (Å²) in [7, 11) is 0. The number of rotatable bonds is 4. The van der Waals surface area contributed by atoms with Crippen LogP contribution in [0.2, 0.25) is 0 Å². The third kappa shape index (κ3) is 3.41. The number of allylic oxidation sites excluding steroid dienone is 1. The molecule has 4 heteroatoms. The minimum Gasteiger partial charge on any atom is -0.362 e. The van der Waals surface area contributed by atoms with Crippen LogP contribution in [-0.4, -0.2) is 18.3 Å². The zero-order valence-electron chi connectivity index (χ0n) is 15.7. The predicted octanol–water partition coefficient (Wildman–Crippen LogP) is 6.13. The number of aliphatic imine (C=N–C) groups is 1. The van der Waals surface area contributed by atoms with Gasteiger partial charge in [0.1, 0.15) is 11.6 Å². The first kappa shape index (κ1) is 18.3. The summed E-state index contributed by atoms with van der Waals surface area (Å²) in [5.74, 6) is -0.774. The highest BCUT2D eigenvalue weighted by atomic mass is 19.1. The Balaban J connectivity index is 2.04. The Morgan fingerprint density at radius 3 is 2.54 bits per heavy atom. The van der Waals surface area contributed by atoms with Crippen LogP contribution in [0.15, 0.2) is 47.5 Å². The smallest absolute Gasteiger partial charge is 0.148 e. The van der Waals surface area contributed by atoms with Crippen LogP contribution in [-0.2, 0) is 0 Å². The quantitative estimate of drug-likeness (QED) is 0.603. The molecule has 136 valence electrons. The summed E-state index contributed by atoms with van der Waals surface area (Å²) in [4.78, 5) is 6.35. The molecule has 0 N–H and O–H groups in total. The number of para-hydroxylation sites is 1. The maximum atomic E-state index is 14.7. The summed E-state index contributed by atoms with van der Waals surface area (Å²) in [5, 5.41) is 0. The van der Waals surface area contributed by atoms with Crippen molar-refractivity contribution >= 4 is 23.2 Å². The van der Waals surface area contributed by atoms with Crippen molar-refractivity contribution in [2.75, 3.05) is 11.4 Å². The molecule has 0 saturated heterocycles. The summed E-state index contributed by atoms with van der Waals surface area (Å²) in [5.41, 5.74) is 3.40. The van der Waals surface area contributed by atoms with Crippen molar-refractivity contribution in [1.29, 1.82) is 0 Å². The fourth-order valence-corrected chi connectivity index (χ4v) is 3.54. The molecule has 1 heterocycles. The van der Waals surface area contributed by atoms with Gasteiger partial charge in [-0.05, 0) is 57.0 Å². The van der Waals surface area contributed by atoms with E-state index in [9.17, 15) is 8.78 Å². The highest BCUT2D eigenvalue weighted by Crippen LogP contribution is 2.40. The van der Waals surface area contributed by atoms with Gasteiger partial charge < -0.3 is 4.90 Å². The lowest BCUT2D eigenvalue weighted by Gasteiger charge is -2.43. The van der Waals surface area contributed by atoms with Gasteiger partial charge in [0.25, 0.3) is 0 Å². The molecule has 3 rings (SSSR count). The second-order valence-corrected chi connectivity index (χ2v) is 7.23. The van der Waals surface area contributed by atoms with E-state index >= 15 is 0 Å². The number of hydrogen-bond donors (Lipinski definition) is 0. The van der Waals surface area contributed by atoms with Gasteiger partial charge in [-0.2, -0.15) is 0 Å². The molecule has 0 radical (unpaired) electrons. The first-order chi connectivity index (χ1) is 12.3. The molecule has 26 heavy (non-hydrogen) atoms. The van der Waals surface area contributed by atoms with Crippen molar-refractivity contribution in [2.45, 2.75) is 39.7 Å². The van der Waals surface area contributed by atoms with Gasteiger partial charge in [0.2, 0.25) is 0 Å². The summed E-state index contributed by atoms with van der Waals surface area (Å²) in [6.07, 6.45) is 4.58. The first-order valence-corrected chi connectivity index (χ1v) is 8.93. The lowest BCUT2D eigenvalue weighted by molar-refractivity contribution is 0.546. The van der Waals surface area contributed by atoms with Gasteiger partial charge in [-0.15, -0.1) is 0 Å². The molecule has 0 saturated carbocycles. The van der Waals surface area contributed by atoms with Crippen LogP contribution < -0.4 is 4.90 Å². The van der Waals surface area contributed by atoms with Crippen LogP contribution in [0, 0.1) is 11.6 Å². The molecule has 2 aromatic rings. The van der Waals surface area contributed by atoms with Gasteiger partial charge in [0, 0.05) is 29.6 Å². The van der Waals surface area contributed by atoms with Crippen LogP contribution in [0.3, 0.4) is 0 Å². The van der Waals surface area contributed by atoms with Crippen molar-refractivity contribution in [3.63, 3.8) is 0 Å². The fraction of sp³-hybridized carbons (Fsp3) is 0.318. The topological polar surface area (TPSA) is 15.6 Å². The summed E-state index contributed by atoms with van der Waals surface area (Å²) in [6.45, 7) is 9.29. The number of hydrogen-bond acceptors (Lipinski definition) is 2. The Hall–Kier alpha value is -2.49. The van der Waals surface area contributed by atoms with E-state index < -0.39 is 5.82 Å². The van der Waals surface area contributed by atoms with Crippen LogP contribution >= 0.6 is 0 Å². The third-order valence-corrected chi connectivity index (χ3v) is 4.74. The van der Waals surface area contributed by atoms with E-state index in [1.807, 2.05) is 6.92 Å². The van der Waals surface area contributed by atoms with E-state index in [1.165, 1.54) is 12.3 Å². The second-order valence-electron chi connectivity index (χ2n) is 7.23. The van der Waals surface area contributed by atoms with Crippen LogP contribution in [0.1, 0.15) is 45.2 Å². The lowest BCUT2D eigenvalue weighted by atomic mass is 9.87. The van der Waals surface area contributed by atoms with E-state index in [2.05, 4.69) is 36.7 Å². The highest BCUT2D eigenvalue weighted by molar-refractivity contribution is 5.89. The summed E-state index contributed by atoms with van der Waals surface area (Å²) in [6, 6.07) is 9.60. The van der Waals surface area contributed by atoms with E-state index in [1.54, 1.807) is 30.3 Å². The first-order valence-electron chi connectivity index (χ1n) is 8.93. The summed E-state index contributed by atoms with van der Waals surface area (Å²) < 4.78 is 28.5. The van der Waals surface area contributed by atoms with Crippen LogP contribution in [0.4, 0.5) is 20.2 Å². The lowest BCUT2D eigenvalue weighted by Crippen LogP contribution is -2.45. The minimum atomic E-state index is -0.422. The van der Waals surface area contributed by atoms with Crippen molar-refractivity contribution in [3.05, 3.63) is 65.2 Å².